The summed E-state index contributed by atoms with van der Waals surface area (Å²) < 4.78 is 0. The first-order chi connectivity index (χ1) is 7.83. The number of rotatable bonds is 8. The highest BCUT2D eigenvalue weighted by Gasteiger charge is 2.00. The maximum Gasteiger partial charge on any atom is 0.00388 e. The van der Waals surface area contributed by atoms with Gasteiger partial charge in [-0.3, -0.25) is 0 Å². The van der Waals surface area contributed by atoms with Gasteiger partial charge in [-0.05, 0) is 31.9 Å². The topological polar surface area (TPSA) is 12.0 Å². The Kier molecular flexibility index (Phi) is 6.91. The van der Waals surface area contributed by atoms with Crippen LogP contribution in [0, 0.1) is 0 Å². The fourth-order valence-electron chi connectivity index (χ4n) is 1.91. The molecule has 1 unspecified atom stereocenters. The Bertz CT molecular complexity index is 255. The number of benzene rings is 1. The van der Waals surface area contributed by atoms with Crippen LogP contribution in [0.5, 0.6) is 0 Å². The van der Waals surface area contributed by atoms with Crippen molar-refractivity contribution in [3.8, 4) is 0 Å². The number of hydrogen-bond acceptors (Lipinski definition) is 1. The zero-order chi connectivity index (χ0) is 11.6. The molecular weight excluding hydrogens is 194 g/mol. The van der Waals surface area contributed by atoms with Crippen molar-refractivity contribution >= 4 is 0 Å². The molecule has 16 heavy (non-hydrogen) atoms. The van der Waals surface area contributed by atoms with Crippen molar-refractivity contribution in [2.24, 2.45) is 0 Å². The van der Waals surface area contributed by atoms with Crippen molar-refractivity contribution < 1.29 is 0 Å². The van der Waals surface area contributed by atoms with E-state index >= 15 is 0 Å². The first-order valence-corrected chi connectivity index (χ1v) is 6.60. The summed E-state index contributed by atoms with van der Waals surface area (Å²) in [7, 11) is 0. The van der Waals surface area contributed by atoms with E-state index in [2.05, 4.69) is 49.5 Å². The molecule has 0 amide bonds. The van der Waals surface area contributed by atoms with Crippen LogP contribution in [0.2, 0.25) is 0 Å². The summed E-state index contributed by atoms with van der Waals surface area (Å²) in [6.45, 7) is 5.64. The molecule has 1 atom stereocenters. The molecule has 0 bridgehead atoms. The van der Waals surface area contributed by atoms with Crippen LogP contribution < -0.4 is 5.32 Å². The summed E-state index contributed by atoms with van der Waals surface area (Å²) in [5.41, 5.74) is 1.43. The van der Waals surface area contributed by atoms with Crippen molar-refractivity contribution in [3.63, 3.8) is 0 Å². The molecule has 0 spiro atoms. The van der Waals surface area contributed by atoms with Crippen LogP contribution in [0.1, 0.15) is 45.1 Å². The zero-order valence-corrected chi connectivity index (χ0v) is 10.7. The fourth-order valence-corrected chi connectivity index (χ4v) is 1.91. The number of hydrogen-bond donors (Lipinski definition) is 1. The quantitative estimate of drug-likeness (QED) is 0.656. The third-order valence-corrected chi connectivity index (χ3v) is 2.99. The fraction of sp³-hybridized carbons (Fsp3) is 0.600. The van der Waals surface area contributed by atoms with Crippen LogP contribution in [0.4, 0.5) is 0 Å². The third kappa shape index (κ3) is 5.92. The molecule has 0 saturated carbocycles. The Hall–Kier alpha value is -0.820. The minimum atomic E-state index is 0.662. The van der Waals surface area contributed by atoms with Gasteiger partial charge in [0.1, 0.15) is 0 Å². The van der Waals surface area contributed by atoms with Gasteiger partial charge in [-0.2, -0.15) is 0 Å². The molecule has 1 heteroatoms. The summed E-state index contributed by atoms with van der Waals surface area (Å²) in [6, 6.07) is 11.4. The maximum absolute atomic E-state index is 3.59. The molecule has 1 N–H and O–H groups in total. The van der Waals surface area contributed by atoms with E-state index in [9.17, 15) is 0 Å². The highest BCUT2D eigenvalue weighted by molar-refractivity contribution is 5.14. The molecule has 1 rings (SSSR count). The SMILES string of the molecule is CCCCCC(C)NCCc1ccccc1. The van der Waals surface area contributed by atoms with Gasteiger partial charge in [-0.25, -0.2) is 0 Å². The molecule has 0 aliphatic rings. The molecule has 0 heterocycles. The standard InChI is InChI=1S/C15H25N/c1-3-4-6-9-14(2)16-13-12-15-10-7-5-8-11-15/h5,7-8,10-11,14,16H,3-4,6,9,12-13H2,1-2H3. The molecular formula is C15H25N. The smallest absolute Gasteiger partial charge is 0.00388 e. The monoisotopic (exact) mass is 219 g/mol. The first kappa shape index (κ1) is 13.2. The van der Waals surface area contributed by atoms with Crippen molar-refractivity contribution in [1.82, 2.24) is 5.32 Å². The normalized spacial score (nSPS) is 12.6. The molecule has 0 fully saturated rings. The van der Waals surface area contributed by atoms with Gasteiger partial charge in [0.2, 0.25) is 0 Å². The van der Waals surface area contributed by atoms with E-state index in [1.165, 1.54) is 31.2 Å². The molecule has 0 aliphatic heterocycles. The van der Waals surface area contributed by atoms with E-state index in [0.717, 1.165) is 13.0 Å². The van der Waals surface area contributed by atoms with Gasteiger partial charge in [-0.15, -0.1) is 0 Å². The molecule has 0 aromatic heterocycles. The lowest BCUT2D eigenvalue weighted by Gasteiger charge is -2.13. The molecule has 90 valence electrons. The molecule has 0 saturated heterocycles. The summed E-state index contributed by atoms with van der Waals surface area (Å²) in [6.07, 6.45) is 6.49. The second-order valence-corrected chi connectivity index (χ2v) is 4.59. The van der Waals surface area contributed by atoms with Gasteiger partial charge >= 0.3 is 0 Å². The van der Waals surface area contributed by atoms with E-state index in [4.69, 9.17) is 0 Å². The third-order valence-electron chi connectivity index (χ3n) is 2.99. The van der Waals surface area contributed by atoms with Crippen LogP contribution >= 0.6 is 0 Å². The van der Waals surface area contributed by atoms with Gasteiger partial charge in [-0.1, -0.05) is 56.5 Å². The van der Waals surface area contributed by atoms with Crippen molar-refractivity contribution in [2.75, 3.05) is 6.54 Å². The van der Waals surface area contributed by atoms with Gasteiger partial charge in [0.05, 0.1) is 0 Å². The summed E-state index contributed by atoms with van der Waals surface area (Å²) in [5.74, 6) is 0. The largest absolute Gasteiger partial charge is 0.314 e. The number of unbranched alkanes of at least 4 members (excludes halogenated alkanes) is 2. The average Bonchev–Trinajstić information content (AvgIpc) is 2.31. The molecule has 0 aliphatic carbocycles. The lowest BCUT2D eigenvalue weighted by Crippen LogP contribution is -2.27. The lowest BCUT2D eigenvalue weighted by atomic mass is 10.1. The van der Waals surface area contributed by atoms with Gasteiger partial charge in [0.25, 0.3) is 0 Å². The Morgan fingerprint density at radius 3 is 2.56 bits per heavy atom. The van der Waals surface area contributed by atoms with Crippen molar-refractivity contribution in [1.29, 1.82) is 0 Å². The van der Waals surface area contributed by atoms with Crippen LogP contribution in [0.3, 0.4) is 0 Å². The zero-order valence-electron chi connectivity index (χ0n) is 10.7. The van der Waals surface area contributed by atoms with E-state index < -0.39 is 0 Å². The highest BCUT2D eigenvalue weighted by Crippen LogP contribution is 2.03. The van der Waals surface area contributed by atoms with Crippen LogP contribution in [-0.2, 0) is 6.42 Å². The summed E-state index contributed by atoms with van der Waals surface area (Å²) >= 11 is 0. The van der Waals surface area contributed by atoms with E-state index in [0.29, 0.717) is 6.04 Å². The van der Waals surface area contributed by atoms with Crippen LogP contribution in [-0.4, -0.2) is 12.6 Å². The predicted molar refractivity (Wildman–Crippen MR) is 71.8 cm³/mol. The molecule has 1 nitrogen and oxygen atoms in total. The van der Waals surface area contributed by atoms with Crippen LogP contribution in [0.25, 0.3) is 0 Å². The average molecular weight is 219 g/mol. The predicted octanol–water partition coefficient (Wildman–Crippen LogP) is 3.79. The van der Waals surface area contributed by atoms with E-state index in [1.807, 2.05) is 0 Å². The lowest BCUT2D eigenvalue weighted by molar-refractivity contribution is 0.490. The second-order valence-electron chi connectivity index (χ2n) is 4.59. The van der Waals surface area contributed by atoms with Gasteiger partial charge in [0.15, 0.2) is 0 Å². The van der Waals surface area contributed by atoms with Gasteiger partial charge < -0.3 is 5.32 Å². The van der Waals surface area contributed by atoms with Gasteiger partial charge in [0, 0.05) is 6.04 Å². The first-order valence-electron chi connectivity index (χ1n) is 6.60. The summed E-state index contributed by atoms with van der Waals surface area (Å²) in [5, 5.41) is 3.59. The Balaban J connectivity index is 2.06. The molecule has 0 radical (unpaired) electrons. The molecule has 1 aromatic carbocycles. The minimum absolute atomic E-state index is 0.662. The van der Waals surface area contributed by atoms with Crippen molar-refractivity contribution in [3.05, 3.63) is 35.9 Å². The van der Waals surface area contributed by atoms with E-state index in [1.54, 1.807) is 0 Å². The Labute approximate surface area is 100 Å². The second kappa shape index (κ2) is 8.35. The number of nitrogens with one attached hydrogen (secondary N) is 1. The Morgan fingerprint density at radius 2 is 1.88 bits per heavy atom. The molecule has 1 aromatic rings. The van der Waals surface area contributed by atoms with Crippen LogP contribution in [0.15, 0.2) is 30.3 Å². The Morgan fingerprint density at radius 1 is 1.12 bits per heavy atom. The minimum Gasteiger partial charge on any atom is -0.314 e. The maximum atomic E-state index is 3.59. The summed E-state index contributed by atoms with van der Waals surface area (Å²) in [4.78, 5) is 0. The van der Waals surface area contributed by atoms with E-state index in [-0.39, 0.29) is 0 Å². The highest BCUT2D eigenvalue weighted by atomic mass is 14.9. The van der Waals surface area contributed by atoms with Crippen molar-refractivity contribution in [2.45, 2.75) is 52.0 Å².